The molecule has 0 aliphatic heterocycles. The van der Waals surface area contributed by atoms with Crippen molar-refractivity contribution in [2.75, 3.05) is 16.7 Å². The van der Waals surface area contributed by atoms with Crippen LogP contribution in [0.2, 0.25) is 0 Å². The molecule has 32 heavy (non-hydrogen) atoms. The predicted molar refractivity (Wildman–Crippen MR) is 127 cm³/mol. The third kappa shape index (κ3) is 4.91. The van der Waals surface area contributed by atoms with Crippen LogP contribution in [0.3, 0.4) is 0 Å². The Hall–Kier alpha value is -3.39. The number of nitrogens with one attached hydrogen (secondary N) is 1. The SMILES string of the molecule is CCC(=O)Nc1c(C)noc1C=Cc1ccc(S(=O)(=O)N(C)c2ccccc2CC)cc1. The Bertz CT molecular complexity index is 1230. The summed E-state index contributed by atoms with van der Waals surface area (Å²) in [6.45, 7) is 5.51. The number of benzene rings is 2. The molecule has 0 fully saturated rings. The Kier molecular flexibility index (Phi) is 7.15. The highest BCUT2D eigenvalue weighted by molar-refractivity contribution is 7.92. The first-order valence-electron chi connectivity index (χ1n) is 10.4. The van der Waals surface area contributed by atoms with Gasteiger partial charge in [-0.2, -0.15) is 0 Å². The first-order valence-corrected chi connectivity index (χ1v) is 11.8. The van der Waals surface area contributed by atoms with Gasteiger partial charge in [-0.25, -0.2) is 8.42 Å². The number of carbonyl (C=O) groups excluding carboxylic acids is 1. The summed E-state index contributed by atoms with van der Waals surface area (Å²) in [4.78, 5) is 11.9. The lowest BCUT2D eigenvalue weighted by molar-refractivity contribution is -0.115. The summed E-state index contributed by atoms with van der Waals surface area (Å²) in [5.41, 5.74) is 3.53. The molecular formula is C24H27N3O4S. The first-order chi connectivity index (χ1) is 15.3. The number of nitrogens with zero attached hydrogens (tertiary/aromatic N) is 2. The number of aromatic nitrogens is 1. The van der Waals surface area contributed by atoms with Gasteiger partial charge in [0, 0.05) is 13.5 Å². The molecule has 0 saturated carbocycles. The molecule has 1 N–H and O–H groups in total. The van der Waals surface area contributed by atoms with Crippen LogP contribution in [0, 0.1) is 6.92 Å². The summed E-state index contributed by atoms with van der Waals surface area (Å²) in [7, 11) is -2.13. The molecule has 3 rings (SSSR count). The minimum Gasteiger partial charge on any atom is -0.354 e. The molecule has 0 spiro atoms. The van der Waals surface area contributed by atoms with Crippen LogP contribution in [0.4, 0.5) is 11.4 Å². The predicted octanol–water partition coefficient (Wildman–Crippen LogP) is 4.89. The summed E-state index contributed by atoms with van der Waals surface area (Å²) in [5, 5.41) is 6.68. The number of hydrogen-bond donors (Lipinski definition) is 1. The molecule has 0 radical (unpaired) electrons. The van der Waals surface area contributed by atoms with Crippen LogP contribution in [0.15, 0.2) is 57.9 Å². The van der Waals surface area contributed by atoms with E-state index in [1.54, 1.807) is 57.3 Å². The van der Waals surface area contributed by atoms with Gasteiger partial charge in [0.15, 0.2) is 5.76 Å². The number of carbonyl (C=O) groups is 1. The van der Waals surface area contributed by atoms with Crippen LogP contribution in [-0.2, 0) is 21.2 Å². The molecular weight excluding hydrogens is 426 g/mol. The maximum Gasteiger partial charge on any atom is 0.264 e. The number of para-hydroxylation sites is 1. The van der Waals surface area contributed by atoms with E-state index in [0.29, 0.717) is 29.2 Å². The second-order valence-electron chi connectivity index (χ2n) is 7.27. The van der Waals surface area contributed by atoms with Gasteiger partial charge in [-0.15, -0.1) is 0 Å². The van der Waals surface area contributed by atoms with Gasteiger partial charge in [-0.1, -0.05) is 55.4 Å². The number of aryl methyl sites for hydroxylation is 2. The zero-order valence-corrected chi connectivity index (χ0v) is 19.4. The fourth-order valence-electron chi connectivity index (χ4n) is 3.21. The maximum absolute atomic E-state index is 13.1. The summed E-state index contributed by atoms with van der Waals surface area (Å²) in [6.07, 6.45) is 4.55. The van der Waals surface area contributed by atoms with Crippen molar-refractivity contribution in [1.29, 1.82) is 0 Å². The van der Waals surface area contributed by atoms with Crippen molar-refractivity contribution in [3.05, 3.63) is 71.1 Å². The molecule has 0 bridgehead atoms. The Morgan fingerprint density at radius 1 is 1.09 bits per heavy atom. The summed E-state index contributed by atoms with van der Waals surface area (Å²) in [5.74, 6) is 0.297. The Morgan fingerprint density at radius 3 is 2.44 bits per heavy atom. The second-order valence-corrected chi connectivity index (χ2v) is 9.24. The number of amides is 1. The van der Waals surface area contributed by atoms with Crippen LogP contribution in [0.1, 0.15) is 42.8 Å². The van der Waals surface area contributed by atoms with E-state index in [-0.39, 0.29) is 10.8 Å². The molecule has 7 nitrogen and oxygen atoms in total. The molecule has 1 amide bonds. The molecule has 168 valence electrons. The van der Waals surface area contributed by atoms with Gasteiger partial charge in [-0.05, 0) is 48.7 Å². The topological polar surface area (TPSA) is 92.5 Å². The lowest BCUT2D eigenvalue weighted by atomic mass is 10.1. The lowest BCUT2D eigenvalue weighted by Gasteiger charge is -2.22. The molecule has 0 saturated heterocycles. The van der Waals surface area contributed by atoms with Gasteiger partial charge in [0.25, 0.3) is 10.0 Å². The summed E-state index contributed by atoms with van der Waals surface area (Å²) < 4.78 is 32.8. The molecule has 8 heteroatoms. The highest BCUT2D eigenvalue weighted by Gasteiger charge is 2.22. The van der Waals surface area contributed by atoms with Gasteiger partial charge in [-0.3, -0.25) is 9.10 Å². The van der Waals surface area contributed by atoms with Gasteiger partial charge in [0.1, 0.15) is 11.4 Å². The molecule has 0 aliphatic rings. The van der Waals surface area contributed by atoms with E-state index < -0.39 is 10.0 Å². The Balaban J connectivity index is 1.82. The molecule has 1 aromatic heterocycles. The number of rotatable bonds is 8. The van der Waals surface area contributed by atoms with E-state index in [0.717, 1.165) is 17.5 Å². The van der Waals surface area contributed by atoms with Crippen molar-refractivity contribution in [2.24, 2.45) is 0 Å². The zero-order valence-electron chi connectivity index (χ0n) is 18.6. The summed E-state index contributed by atoms with van der Waals surface area (Å²) in [6, 6.07) is 14.1. The van der Waals surface area contributed by atoms with Gasteiger partial charge in [0.05, 0.1) is 10.6 Å². The fourth-order valence-corrected chi connectivity index (χ4v) is 4.44. The average Bonchev–Trinajstić information content (AvgIpc) is 3.16. The van der Waals surface area contributed by atoms with Crippen molar-refractivity contribution in [3.63, 3.8) is 0 Å². The number of anilines is 2. The maximum atomic E-state index is 13.1. The minimum absolute atomic E-state index is 0.130. The van der Waals surface area contributed by atoms with Crippen molar-refractivity contribution < 1.29 is 17.7 Å². The highest BCUT2D eigenvalue weighted by atomic mass is 32.2. The standard InChI is InChI=1S/C24H27N3O4S/c1-5-19-9-7-8-10-21(19)27(4)32(29,30)20-14-11-18(12-15-20)13-16-22-24(17(3)26-31-22)25-23(28)6-2/h7-16H,5-6H2,1-4H3,(H,25,28). The molecule has 0 atom stereocenters. The van der Waals surface area contributed by atoms with Crippen LogP contribution in [0.25, 0.3) is 12.2 Å². The highest BCUT2D eigenvalue weighted by Crippen LogP contribution is 2.27. The Morgan fingerprint density at radius 2 is 1.78 bits per heavy atom. The number of sulfonamides is 1. The third-order valence-electron chi connectivity index (χ3n) is 5.15. The van der Waals surface area contributed by atoms with Gasteiger partial charge < -0.3 is 9.84 Å². The smallest absolute Gasteiger partial charge is 0.264 e. The van der Waals surface area contributed by atoms with Crippen molar-refractivity contribution >= 4 is 39.5 Å². The number of hydrogen-bond acceptors (Lipinski definition) is 5. The second kappa shape index (κ2) is 9.82. The van der Waals surface area contributed by atoms with E-state index >= 15 is 0 Å². The third-order valence-corrected chi connectivity index (χ3v) is 6.94. The molecule has 0 aliphatic carbocycles. The van der Waals surface area contributed by atoms with E-state index in [2.05, 4.69) is 10.5 Å². The largest absolute Gasteiger partial charge is 0.354 e. The van der Waals surface area contributed by atoms with E-state index in [1.807, 2.05) is 31.2 Å². The van der Waals surface area contributed by atoms with E-state index in [1.165, 1.54) is 4.31 Å². The van der Waals surface area contributed by atoms with Crippen LogP contribution >= 0.6 is 0 Å². The normalized spacial score (nSPS) is 11.6. The lowest BCUT2D eigenvalue weighted by Crippen LogP contribution is -2.27. The van der Waals surface area contributed by atoms with E-state index in [9.17, 15) is 13.2 Å². The van der Waals surface area contributed by atoms with E-state index in [4.69, 9.17) is 4.52 Å². The zero-order chi connectivity index (χ0) is 23.3. The van der Waals surface area contributed by atoms with Crippen LogP contribution in [0.5, 0.6) is 0 Å². The summed E-state index contributed by atoms with van der Waals surface area (Å²) >= 11 is 0. The van der Waals surface area contributed by atoms with Crippen LogP contribution in [-0.4, -0.2) is 26.5 Å². The molecule has 2 aromatic carbocycles. The van der Waals surface area contributed by atoms with Crippen molar-refractivity contribution in [3.8, 4) is 0 Å². The quantitative estimate of drug-likeness (QED) is 0.524. The monoisotopic (exact) mass is 453 g/mol. The molecule has 1 heterocycles. The first kappa shape index (κ1) is 23.3. The minimum atomic E-state index is -3.70. The fraction of sp³-hybridized carbons (Fsp3) is 0.250. The average molecular weight is 454 g/mol. The van der Waals surface area contributed by atoms with Crippen LogP contribution < -0.4 is 9.62 Å². The van der Waals surface area contributed by atoms with Crippen molar-refractivity contribution in [2.45, 2.75) is 38.5 Å². The van der Waals surface area contributed by atoms with Gasteiger partial charge >= 0.3 is 0 Å². The molecule has 0 unspecified atom stereocenters. The Labute approximate surface area is 188 Å². The van der Waals surface area contributed by atoms with Gasteiger partial charge in [0.2, 0.25) is 5.91 Å². The van der Waals surface area contributed by atoms with Crippen molar-refractivity contribution in [1.82, 2.24) is 5.16 Å². The molecule has 3 aromatic rings.